The van der Waals surface area contributed by atoms with Crippen molar-refractivity contribution in [3.63, 3.8) is 0 Å². The third-order valence-corrected chi connectivity index (χ3v) is 3.26. The molecule has 0 fully saturated rings. The van der Waals surface area contributed by atoms with Gasteiger partial charge < -0.3 is 10.1 Å². The summed E-state index contributed by atoms with van der Waals surface area (Å²) in [5, 5.41) is 11.6. The van der Waals surface area contributed by atoms with Crippen LogP contribution in [0.5, 0.6) is 5.75 Å². The average Bonchev–Trinajstić information content (AvgIpc) is 2.83. The lowest BCUT2D eigenvalue weighted by atomic mass is 10.1. The van der Waals surface area contributed by atoms with Gasteiger partial charge in [-0.1, -0.05) is 37.1 Å². The predicted molar refractivity (Wildman–Crippen MR) is 86.5 cm³/mol. The van der Waals surface area contributed by atoms with E-state index in [-0.39, 0.29) is 5.75 Å². The first kappa shape index (κ1) is 14.5. The highest BCUT2D eigenvalue weighted by molar-refractivity contribution is 6.30. The molecule has 104 valence electrons. The summed E-state index contributed by atoms with van der Waals surface area (Å²) in [4.78, 5) is 3.30. The van der Waals surface area contributed by atoms with Crippen molar-refractivity contribution in [3.05, 3.63) is 53.1 Å². The summed E-state index contributed by atoms with van der Waals surface area (Å²) >= 11 is 5.83. The van der Waals surface area contributed by atoms with Crippen molar-refractivity contribution < 1.29 is 5.11 Å². The monoisotopic (exact) mass is 287 g/mol. The summed E-state index contributed by atoms with van der Waals surface area (Å²) in [6.07, 6.45) is 0. The predicted octanol–water partition coefficient (Wildman–Crippen LogP) is 5.53. The molecular formula is C17H18ClNO. The van der Waals surface area contributed by atoms with Gasteiger partial charge in [0.05, 0.1) is 5.69 Å². The molecule has 0 amide bonds. The Morgan fingerprint density at radius 1 is 1.00 bits per heavy atom. The van der Waals surface area contributed by atoms with E-state index >= 15 is 0 Å². The lowest BCUT2D eigenvalue weighted by molar-refractivity contribution is 0.477. The molecule has 3 rings (SSSR count). The molecule has 0 aliphatic carbocycles. The maximum atomic E-state index is 9.92. The van der Waals surface area contributed by atoms with Gasteiger partial charge in [-0.3, -0.25) is 0 Å². The molecule has 1 aromatic heterocycles. The van der Waals surface area contributed by atoms with Crippen molar-refractivity contribution in [1.29, 1.82) is 0 Å². The Kier molecular flexibility index (Phi) is 4.35. The summed E-state index contributed by atoms with van der Waals surface area (Å²) in [5.74, 6) is 0.186. The van der Waals surface area contributed by atoms with Crippen LogP contribution in [0.15, 0.2) is 42.5 Å². The number of hydrogen-bond acceptors (Lipinski definition) is 1. The second-order valence-corrected chi connectivity index (χ2v) is 4.87. The number of aromatic nitrogens is 1. The minimum absolute atomic E-state index is 0.186. The zero-order valence-corrected chi connectivity index (χ0v) is 12.6. The van der Waals surface area contributed by atoms with E-state index in [0.717, 1.165) is 22.2 Å². The smallest absolute Gasteiger partial charge is 0.126 e. The first-order valence-corrected chi connectivity index (χ1v) is 7.09. The first-order chi connectivity index (χ1) is 9.63. The number of halogens is 1. The Labute approximate surface area is 124 Å². The SMILES string of the molecule is CC.Cc1ccc2[nH]c(-c3ccc(Cl)cc3O)cc2c1. The van der Waals surface area contributed by atoms with Crippen LogP contribution in [0.25, 0.3) is 22.2 Å². The highest BCUT2D eigenvalue weighted by Crippen LogP contribution is 2.32. The number of aryl methyl sites for hydroxylation is 1. The second-order valence-electron chi connectivity index (χ2n) is 4.44. The number of hydrogen-bond donors (Lipinski definition) is 2. The van der Waals surface area contributed by atoms with E-state index in [0.29, 0.717) is 5.02 Å². The summed E-state index contributed by atoms with van der Waals surface area (Å²) in [7, 11) is 0. The zero-order chi connectivity index (χ0) is 14.7. The van der Waals surface area contributed by atoms with Gasteiger partial charge in [0.2, 0.25) is 0 Å². The van der Waals surface area contributed by atoms with Gasteiger partial charge in [0.15, 0.2) is 0 Å². The van der Waals surface area contributed by atoms with Crippen molar-refractivity contribution in [2.75, 3.05) is 0 Å². The molecular weight excluding hydrogens is 270 g/mol. The third kappa shape index (κ3) is 2.81. The first-order valence-electron chi connectivity index (χ1n) is 6.72. The number of nitrogens with one attached hydrogen (secondary N) is 1. The Balaban J connectivity index is 0.000000704. The molecule has 0 bridgehead atoms. The standard InChI is InChI=1S/C15H12ClNO.C2H6/c1-9-2-5-13-10(6-9)7-14(17-13)12-4-3-11(16)8-15(12)18;1-2/h2-8,17-18H,1H3;1-2H3. The van der Waals surface area contributed by atoms with Gasteiger partial charge in [-0.25, -0.2) is 0 Å². The summed E-state index contributed by atoms with van der Waals surface area (Å²) < 4.78 is 0. The van der Waals surface area contributed by atoms with E-state index in [1.807, 2.05) is 32.0 Å². The summed E-state index contributed by atoms with van der Waals surface area (Å²) in [6.45, 7) is 6.06. The summed E-state index contributed by atoms with van der Waals surface area (Å²) in [5.41, 5.74) is 3.93. The van der Waals surface area contributed by atoms with Crippen molar-refractivity contribution in [3.8, 4) is 17.0 Å². The van der Waals surface area contributed by atoms with Crippen LogP contribution in [0.1, 0.15) is 19.4 Å². The van der Waals surface area contributed by atoms with Gasteiger partial charge in [0, 0.05) is 21.5 Å². The molecule has 0 radical (unpaired) electrons. The molecule has 0 aliphatic heterocycles. The van der Waals surface area contributed by atoms with Gasteiger partial charge in [0.1, 0.15) is 5.75 Å². The van der Waals surface area contributed by atoms with Crippen LogP contribution in [-0.4, -0.2) is 10.1 Å². The van der Waals surface area contributed by atoms with Crippen LogP contribution in [0.4, 0.5) is 0 Å². The number of rotatable bonds is 1. The van der Waals surface area contributed by atoms with Gasteiger partial charge in [0.25, 0.3) is 0 Å². The molecule has 1 heterocycles. The van der Waals surface area contributed by atoms with Crippen LogP contribution in [0, 0.1) is 6.92 Å². The number of aromatic hydroxyl groups is 1. The molecule has 0 unspecified atom stereocenters. The fraction of sp³-hybridized carbons (Fsp3) is 0.176. The van der Waals surface area contributed by atoms with E-state index < -0.39 is 0 Å². The fourth-order valence-corrected chi connectivity index (χ4v) is 2.30. The molecule has 0 saturated carbocycles. The minimum atomic E-state index is 0.186. The second kappa shape index (κ2) is 6.02. The number of benzene rings is 2. The molecule has 0 atom stereocenters. The molecule has 3 heteroatoms. The normalized spacial score (nSPS) is 10.2. The molecule has 20 heavy (non-hydrogen) atoms. The van der Waals surface area contributed by atoms with E-state index in [4.69, 9.17) is 11.6 Å². The highest BCUT2D eigenvalue weighted by atomic mass is 35.5. The third-order valence-electron chi connectivity index (χ3n) is 3.03. The number of H-pyrrole nitrogens is 1. The topological polar surface area (TPSA) is 36.0 Å². The largest absolute Gasteiger partial charge is 0.507 e. The van der Waals surface area contributed by atoms with Crippen molar-refractivity contribution in [2.45, 2.75) is 20.8 Å². The minimum Gasteiger partial charge on any atom is -0.507 e. The van der Waals surface area contributed by atoms with Crippen molar-refractivity contribution in [2.24, 2.45) is 0 Å². The number of fused-ring (bicyclic) bond motifs is 1. The van der Waals surface area contributed by atoms with E-state index in [2.05, 4.69) is 24.0 Å². The van der Waals surface area contributed by atoms with E-state index in [1.54, 1.807) is 12.1 Å². The molecule has 2 nitrogen and oxygen atoms in total. The molecule has 3 aromatic rings. The van der Waals surface area contributed by atoms with Gasteiger partial charge in [-0.2, -0.15) is 0 Å². The van der Waals surface area contributed by atoms with Gasteiger partial charge in [-0.05, 0) is 43.3 Å². The van der Waals surface area contributed by atoms with Crippen molar-refractivity contribution in [1.82, 2.24) is 4.98 Å². The molecule has 0 aliphatic rings. The Morgan fingerprint density at radius 3 is 2.45 bits per heavy atom. The molecule has 2 N–H and O–H groups in total. The number of phenolic OH excluding ortho intramolecular Hbond substituents is 1. The maximum Gasteiger partial charge on any atom is 0.126 e. The van der Waals surface area contributed by atoms with Crippen LogP contribution in [0.3, 0.4) is 0 Å². The number of aromatic amines is 1. The zero-order valence-electron chi connectivity index (χ0n) is 11.9. The number of phenols is 1. The van der Waals surface area contributed by atoms with Gasteiger partial charge in [-0.15, -0.1) is 0 Å². The molecule has 2 aromatic carbocycles. The van der Waals surface area contributed by atoms with Crippen molar-refractivity contribution >= 4 is 22.5 Å². The lowest BCUT2D eigenvalue weighted by Gasteiger charge is -2.01. The summed E-state index contributed by atoms with van der Waals surface area (Å²) in [6, 6.07) is 13.4. The Bertz CT molecular complexity index is 731. The molecule has 0 saturated heterocycles. The maximum absolute atomic E-state index is 9.92. The highest BCUT2D eigenvalue weighted by Gasteiger charge is 2.08. The Hall–Kier alpha value is -1.93. The van der Waals surface area contributed by atoms with Crippen LogP contribution in [0.2, 0.25) is 5.02 Å². The Morgan fingerprint density at radius 2 is 1.75 bits per heavy atom. The van der Waals surface area contributed by atoms with E-state index in [1.165, 1.54) is 5.56 Å². The average molecular weight is 288 g/mol. The van der Waals surface area contributed by atoms with Crippen LogP contribution < -0.4 is 0 Å². The van der Waals surface area contributed by atoms with Crippen LogP contribution >= 0.6 is 11.6 Å². The quantitative estimate of drug-likeness (QED) is 0.606. The fourth-order valence-electron chi connectivity index (χ4n) is 2.13. The lowest BCUT2D eigenvalue weighted by Crippen LogP contribution is -1.78. The van der Waals surface area contributed by atoms with E-state index in [9.17, 15) is 5.11 Å². The van der Waals surface area contributed by atoms with Gasteiger partial charge >= 0.3 is 0 Å². The molecule has 0 spiro atoms. The van der Waals surface area contributed by atoms with Crippen LogP contribution in [-0.2, 0) is 0 Å².